The Morgan fingerprint density at radius 3 is 2.90 bits per heavy atom. The zero-order valence-corrected chi connectivity index (χ0v) is 11.1. The highest BCUT2D eigenvalue weighted by atomic mass is 32.1. The molecule has 0 bridgehead atoms. The van der Waals surface area contributed by atoms with Crippen LogP contribution in [-0.4, -0.2) is 22.5 Å². The number of aliphatic hydroxyl groups is 1. The van der Waals surface area contributed by atoms with E-state index >= 15 is 0 Å². The standard InChI is InChI=1S/C12H12N2O5S/c15-9(8-4-6-20-7-8)3-5-13-12(16)10-1-2-11(19-10)14(17)18/h1-2,4,6-7,9,15H,3,5H2,(H,13,16). The predicted molar refractivity (Wildman–Crippen MR) is 71.6 cm³/mol. The molecule has 106 valence electrons. The molecule has 2 rings (SSSR count). The molecule has 2 heterocycles. The number of carbonyl (C=O) groups excluding carboxylic acids is 1. The average molecular weight is 296 g/mol. The lowest BCUT2D eigenvalue weighted by Crippen LogP contribution is -2.25. The summed E-state index contributed by atoms with van der Waals surface area (Å²) in [5.74, 6) is -1.15. The van der Waals surface area contributed by atoms with Crippen LogP contribution in [-0.2, 0) is 0 Å². The van der Waals surface area contributed by atoms with Gasteiger partial charge in [0, 0.05) is 6.54 Å². The fourth-order valence-corrected chi connectivity index (χ4v) is 2.30. The minimum Gasteiger partial charge on any atom is -0.395 e. The van der Waals surface area contributed by atoms with E-state index in [0.717, 1.165) is 11.6 Å². The van der Waals surface area contributed by atoms with Gasteiger partial charge < -0.3 is 14.8 Å². The maximum atomic E-state index is 11.6. The van der Waals surface area contributed by atoms with Crippen molar-refractivity contribution in [3.63, 3.8) is 0 Å². The molecule has 1 amide bonds. The maximum Gasteiger partial charge on any atom is 0.433 e. The van der Waals surface area contributed by atoms with Crippen molar-refractivity contribution in [1.29, 1.82) is 0 Å². The maximum absolute atomic E-state index is 11.6. The van der Waals surface area contributed by atoms with Crippen LogP contribution < -0.4 is 5.32 Å². The number of hydrogen-bond donors (Lipinski definition) is 2. The van der Waals surface area contributed by atoms with Crippen LogP contribution in [0.4, 0.5) is 5.88 Å². The molecule has 0 aliphatic carbocycles. The van der Waals surface area contributed by atoms with E-state index in [-0.39, 0.29) is 12.3 Å². The third-order valence-electron chi connectivity index (χ3n) is 2.63. The van der Waals surface area contributed by atoms with Crippen LogP contribution in [0.15, 0.2) is 33.4 Å². The lowest BCUT2D eigenvalue weighted by atomic mass is 10.1. The number of nitrogens with zero attached hydrogens (tertiary/aromatic N) is 1. The van der Waals surface area contributed by atoms with E-state index in [0.29, 0.717) is 6.42 Å². The van der Waals surface area contributed by atoms with Crippen molar-refractivity contribution in [2.24, 2.45) is 0 Å². The van der Waals surface area contributed by atoms with Gasteiger partial charge in [0.1, 0.15) is 4.92 Å². The van der Waals surface area contributed by atoms with Gasteiger partial charge in [0.05, 0.1) is 12.2 Å². The molecule has 0 spiro atoms. The Balaban J connectivity index is 1.81. The van der Waals surface area contributed by atoms with Gasteiger partial charge in [-0.1, -0.05) is 0 Å². The van der Waals surface area contributed by atoms with E-state index in [1.54, 1.807) is 0 Å². The first-order valence-corrected chi connectivity index (χ1v) is 6.75. The van der Waals surface area contributed by atoms with Crippen molar-refractivity contribution in [3.05, 3.63) is 50.4 Å². The zero-order valence-electron chi connectivity index (χ0n) is 10.3. The Morgan fingerprint density at radius 2 is 2.30 bits per heavy atom. The monoisotopic (exact) mass is 296 g/mol. The van der Waals surface area contributed by atoms with Crippen LogP contribution in [0.5, 0.6) is 0 Å². The predicted octanol–water partition coefficient (Wildman–Crippen LogP) is 2.10. The fourth-order valence-electron chi connectivity index (χ4n) is 1.59. The van der Waals surface area contributed by atoms with Gasteiger partial charge >= 0.3 is 5.88 Å². The van der Waals surface area contributed by atoms with Gasteiger partial charge in [0.2, 0.25) is 0 Å². The van der Waals surface area contributed by atoms with E-state index < -0.39 is 22.8 Å². The lowest BCUT2D eigenvalue weighted by Gasteiger charge is -2.08. The highest BCUT2D eigenvalue weighted by Crippen LogP contribution is 2.19. The molecule has 0 radical (unpaired) electrons. The molecule has 20 heavy (non-hydrogen) atoms. The Hall–Kier alpha value is -2.19. The molecule has 1 atom stereocenters. The largest absolute Gasteiger partial charge is 0.433 e. The second-order valence-electron chi connectivity index (χ2n) is 4.01. The van der Waals surface area contributed by atoms with Gasteiger partial charge in [-0.25, -0.2) is 0 Å². The van der Waals surface area contributed by atoms with E-state index in [4.69, 9.17) is 4.42 Å². The first-order valence-electron chi connectivity index (χ1n) is 5.80. The first kappa shape index (κ1) is 14.2. The highest BCUT2D eigenvalue weighted by molar-refractivity contribution is 7.07. The van der Waals surface area contributed by atoms with Gasteiger partial charge in [-0.05, 0) is 34.9 Å². The third-order valence-corrected chi connectivity index (χ3v) is 3.33. The van der Waals surface area contributed by atoms with Gasteiger partial charge in [0.25, 0.3) is 5.91 Å². The molecule has 0 saturated carbocycles. The Bertz CT molecular complexity index is 593. The van der Waals surface area contributed by atoms with Crippen LogP contribution in [0.1, 0.15) is 28.6 Å². The van der Waals surface area contributed by atoms with Crippen LogP contribution >= 0.6 is 11.3 Å². The Labute approximate surface area is 118 Å². The van der Waals surface area contributed by atoms with Gasteiger partial charge in [-0.2, -0.15) is 11.3 Å². The first-order chi connectivity index (χ1) is 9.58. The highest BCUT2D eigenvalue weighted by Gasteiger charge is 2.17. The number of furan rings is 1. The van der Waals surface area contributed by atoms with Crippen LogP contribution in [0, 0.1) is 10.1 Å². The molecule has 2 aromatic heterocycles. The molecular weight excluding hydrogens is 284 g/mol. The van der Waals surface area contributed by atoms with E-state index in [2.05, 4.69) is 5.32 Å². The van der Waals surface area contributed by atoms with Gasteiger partial charge in [0.15, 0.2) is 5.76 Å². The van der Waals surface area contributed by atoms with E-state index in [1.807, 2.05) is 16.8 Å². The Morgan fingerprint density at radius 1 is 1.50 bits per heavy atom. The number of carbonyl (C=O) groups is 1. The van der Waals surface area contributed by atoms with Crippen molar-refractivity contribution in [1.82, 2.24) is 5.32 Å². The van der Waals surface area contributed by atoms with Crippen molar-refractivity contribution in [3.8, 4) is 0 Å². The third kappa shape index (κ3) is 3.43. The topological polar surface area (TPSA) is 106 Å². The number of aliphatic hydroxyl groups excluding tert-OH is 1. The number of nitro groups is 1. The zero-order chi connectivity index (χ0) is 14.5. The molecule has 8 heteroatoms. The number of thiophene rings is 1. The summed E-state index contributed by atoms with van der Waals surface area (Å²) in [5, 5.41) is 26.5. The van der Waals surface area contributed by atoms with Gasteiger partial charge in [-0.15, -0.1) is 0 Å². The summed E-state index contributed by atoms with van der Waals surface area (Å²) < 4.78 is 4.76. The minimum absolute atomic E-state index is 0.123. The molecule has 2 N–H and O–H groups in total. The summed E-state index contributed by atoms with van der Waals surface area (Å²) in [4.78, 5) is 21.3. The summed E-state index contributed by atoms with van der Waals surface area (Å²) in [6.45, 7) is 0.240. The molecule has 0 aliphatic rings. The van der Waals surface area contributed by atoms with Crippen molar-refractivity contribution >= 4 is 23.1 Å². The number of hydrogen-bond acceptors (Lipinski definition) is 6. The van der Waals surface area contributed by atoms with Crippen LogP contribution in [0.2, 0.25) is 0 Å². The van der Waals surface area contributed by atoms with E-state index in [9.17, 15) is 20.0 Å². The molecule has 2 aromatic rings. The summed E-state index contributed by atoms with van der Waals surface area (Å²) in [5.41, 5.74) is 0.804. The van der Waals surface area contributed by atoms with E-state index in [1.165, 1.54) is 17.4 Å². The summed E-state index contributed by atoms with van der Waals surface area (Å²) >= 11 is 1.48. The quantitative estimate of drug-likeness (QED) is 0.627. The number of rotatable bonds is 6. The Kier molecular flexibility index (Phi) is 4.49. The second-order valence-corrected chi connectivity index (χ2v) is 4.79. The molecule has 1 unspecified atom stereocenters. The minimum atomic E-state index is -0.711. The van der Waals surface area contributed by atoms with Gasteiger partial charge in [-0.3, -0.25) is 14.9 Å². The average Bonchev–Trinajstić information content (AvgIpc) is 3.09. The number of nitrogens with one attached hydrogen (secondary N) is 1. The molecule has 0 aromatic carbocycles. The van der Waals surface area contributed by atoms with Crippen molar-refractivity contribution in [2.75, 3.05) is 6.54 Å². The smallest absolute Gasteiger partial charge is 0.395 e. The number of amides is 1. The normalized spacial score (nSPS) is 12.1. The van der Waals surface area contributed by atoms with Crippen molar-refractivity contribution < 1.29 is 19.2 Å². The van der Waals surface area contributed by atoms with Crippen molar-refractivity contribution in [2.45, 2.75) is 12.5 Å². The molecule has 7 nitrogen and oxygen atoms in total. The molecule has 0 fully saturated rings. The molecular formula is C12H12N2O5S. The van der Waals surface area contributed by atoms with Crippen LogP contribution in [0.3, 0.4) is 0 Å². The second kappa shape index (κ2) is 6.31. The summed E-state index contributed by atoms with van der Waals surface area (Å²) in [7, 11) is 0. The fraction of sp³-hybridized carbons (Fsp3) is 0.250. The summed E-state index contributed by atoms with van der Waals surface area (Å²) in [6, 6.07) is 4.17. The summed E-state index contributed by atoms with van der Waals surface area (Å²) in [6.07, 6.45) is -0.293. The van der Waals surface area contributed by atoms with Crippen LogP contribution in [0.25, 0.3) is 0 Å². The lowest BCUT2D eigenvalue weighted by molar-refractivity contribution is -0.402. The SMILES string of the molecule is O=C(NCCC(O)c1ccsc1)c1ccc([N+](=O)[O-])o1. The molecule has 0 aliphatic heterocycles. The molecule has 0 saturated heterocycles.